The van der Waals surface area contributed by atoms with Gasteiger partial charge in [0.1, 0.15) is 0 Å². The molecule has 0 aromatic heterocycles. The third-order valence-electron chi connectivity index (χ3n) is 3.21. The lowest BCUT2D eigenvalue weighted by Gasteiger charge is -2.26. The normalized spacial score (nSPS) is 22.5. The van der Waals surface area contributed by atoms with E-state index in [4.69, 9.17) is 5.73 Å². The lowest BCUT2D eigenvalue weighted by atomic mass is 10.2. The molecule has 1 aliphatic heterocycles. The van der Waals surface area contributed by atoms with Crippen molar-refractivity contribution >= 4 is 5.96 Å². The molecular formula is C12H26N4. The highest BCUT2D eigenvalue weighted by Crippen LogP contribution is 2.15. The van der Waals surface area contributed by atoms with Crippen molar-refractivity contribution in [2.75, 3.05) is 26.2 Å². The van der Waals surface area contributed by atoms with Crippen molar-refractivity contribution in [3.05, 3.63) is 0 Å². The quantitative estimate of drug-likeness (QED) is 0.577. The fraction of sp³-hybridized carbons (Fsp3) is 0.917. The van der Waals surface area contributed by atoms with Crippen LogP contribution in [0.1, 0.15) is 34.1 Å². The van der Waals surface area contributed by atoms with Crippen LogP contribution in [-0.4, -0.2) is 54.0 Å². The van der Waals surface area contributed by atoms with Crippen molar-refractivity contribution in [2.45, 2.75) is 46.2 Å². The molecule has 16 heavy (non-hydrogen) atoms. The first-order chi connectivity index (χ1) is 7.58. The van der Waals surface area contributed by atoms with E-state index in [1.165, 1.54) is 6.42 Å². The van der Waals surface area contributed by atoms with Gasteiger partial charge in [0.05, 0.1) is 0 Å². The summed E-state index contributed by atoms with van der Waals surface area (Å²) in [6.45, 7) is 12.9. The SMILES string of the molecule is CCN(CC)C1CCN(C(N)=NC(C)C)C1. The average molecular weight is 226 g/mol. The van der Waals surface area contributed by atoms with Gasteiger partial charge < -0.3 is 10.6 Å². The number of aliphatic imine (C=N–C) groups is 1. The molecule has 1 unspecified atom stereocenters. The lowest BCUT2D eigenvalue weighted by Crippen LogP contribution is -2.41. The van der Waals surface area contributed by atoms with Crippen LogP contribution < -0.4 is 5.73 Å². The number of hydrogen-bond donors (Lipinski definition) is 1. The molecule has 1 atom stereocenters. The zero-order valence-corrected chi connectivity index (χ0v) is 11.1. The Morgan fingerprint density at radius 2 is 2.06 bits per heavy atom. The molecule has 0 aliphatic carbocycles. The van der Waals surface area contributed by atoms with Crippen molar-refractivity contribution in [3.63, 3.8) is 0 Å². The highest BCUT2D eigenvalue weighted by molar-refractivity contribution is 5.78. The minimum atomic E-state index is 0.285. The molecule has 1 heterocycles. The van der Waals surface area contributed by atoms with Gasteiger partial charge in [-0.25, -0.2) is 0 Å². The summed E-state index contributed by atoms with van der Waals surface area (Å²) in [5, 5.41) is 0. The molecule has 0 spiro atoms. The van der Waals surface area contributed by atoms with Crippen molar-refractivity contribution in [1.82, 2.24) is 9.80 Å². The average Bonchev–Trinajstić information content (AvgIpc) is 2.68. The van der Waals surface area contributed by atoms with Crippen molar-refractivity contribution in [3.8, 4) is 0 Å². The maximum atomic E-state index is 5.98. The fourth-order valence-electron chi connectivity index (χ4n) is 2.33. The van der Waals surface area contributed by atoms with Crippen LogP contribution in [0.2, 0.25) is 0 Å². The highest BCUT2D eigenvalue weighted by atomic mass is 15.3. The van der Waals surface area contributed by atoms with Gasteiger partial charge in [0.25, 0.3) is 0 Å². The number of likely N-dealkylation sites (tertiary alicyclic amines) is 1. The van der Waals surface area contributed by atoms with Crippen LogP contribution in [0.15, 0.2) is 4.99 Å². The molecule has 0 bridgehead atoms. The predicted molar refractivity (Wildman–Crippen MR) is 69.7 cm³/mol. The minimum Gasteiger partial charge on any atom is -0.370 e. The van der Waals surface area contributed by atoms with E-state index in [1.54, 1.807) is 0 Å². The third-order valence-corrected chi connectivity index (χ3v) is 3.21. The molecule has 0 saturated carbocycles. The molecule has 0 aromatic rings. The largest absolute Gasteiger partial charge is 0.370 e. The number of nitrogens with zero attached hydrogens (tertiary/aromatic N) is 3. The Labute approximate surface area is 99.5 Å². The maximum Gasteiger partial charge on any atom is 0.191 e. The first kappa shape index (κ1) is 13.3. The van der Waals surface area contributed by atoms with Crippen LogP contribution in [0.3, 0.4) is 0 Å². The fourth-order valence-corrected chi connectivity index (χ4v) is 2.33. The molecule has 1 aliphatic rings. The van der Waals surface area contributed by atoms with Crippen LogP contribution in [0, 0.1) is 0 Å². The number of hydrogen-bond acceptors (Lipinski definition) is 2. The predicted octanol–water partition coefficient (Wildman–Crippen LogP) is 1.13. The summed E-state index contributed by atoms with van der Waals surface area (Å²) in [5.41, 5.74) is 5.98. The molecule has 4 heteroatoms. The summed E-state index contributed by atoms with van der Waals surface area (Å²) in [4.78, 5) is 9.12. The minimum absolute atomic E-state index is 0.285. The van der Waals surface area contributed by atoms with Gasteiger partial charge in [-0.05, 0) is 33.4 Å². The second-order valence-corrected chi connectivity index (χ2v) is 4.69. The van der Waals surface area contributed by atoms with E-state index in [9.17, 15) is 0 Å². The second kappa shape index (κ2) is 6.09. The third kappa shape index (κ3) is 3.37. The van der Waals surface area contributed by atoms with Gasteiger partial charge in [0.15, 0.2) is 5.96 Å². The molecule has 4 nitrogen and oxygen atoms in total. The Morgan fingerprint density at radius 3 is 2.56 bits per heavy atom. The Kier molecular flexibility index (Phi) is 5.06. The van der Waals surface area contributed by atoms with Gasteiger partial charge in [-0.1, -0.05) is 13.8 Å². The summed E-state index contributed by atoms with van der Waals surface area (Å²) in [6, 6.07) is 0.934. The highest BCUT2D eigenvalue weighted by Gasteiger charge is 2.27. The summed E-state index contributed by atoms with van der Waals surface area (Å²) in [6.07, 6.45) is 1.20. The van der Waals surface area contributed by atoms with Crippen LogP contribution in [0.5, 0.6) is 0 Å². The molecular weight excluding hydrogens is 200 g/mol. The first-order valence-electron chi connectivity index (χ1n) is 6.40. The van der Waals surface area contributed by atoms with E-state index in [-0.39, 0.29) is 6.04 Å². The Bertz CT molecular complexity index is 233. The van der Waals surface area contributed by atoms with Gasteiger partial charge in [0, 0.05) is 25.2 Å². The van der Waals surface area contributed by atoms with E-state index in [0.29, 0.717) is 12.0 Å². The number of rotatable bonds is 4. The van der Waals surface area contributed by atoms with Crippen molar-refractivity contribution < 1.29 is 0 Å². The van der Waals surface area contributed by atoms with Crippen LogP contribution >= 0.6 is 0 Å². The standard InChI is InChI=1S/C12H26N4/c1-5-15(6-2)11-7-8-16(9-11)12(13)14-10(3)4/h10-11H,5-9H2,1-4H3,(H2,13,14). The van der Waals surface area contributed by atoms with Gasteiger partial charge in [-0.2, -0.15) is 0 Å². The summed E-state index contributed by atoms with van der Waals surface area (Å²) in [5.74, 6) is 0.713. The van der Waals surface area contributed by atoms with E-state index in [2.05, 4.69) is 42.5 Å². The van der Waals surface area contributed by atoms with Gasteiger partial charge >= 0.3 is 0 Å². The van der Waals surface area contributed by atoms with E-state index in [0.717, 1.165) is 26.2 Å². The second-order valence-electron chi connectivity index (χ2n) is 4.69. The Hall–Kier alpha value is -0.770. The smallest absolute Gasteiger partial charge is 0.191 e. The van der Waals surface area contributed by atoms with Gasteiger partial charge in [-0.15, -0.1) is 0 Å². The number of likely N-dealkylation sites (N-methyl/N-ethyl adjacent to an activating group) is 1. The summed E-state index contributed by atoms with van der Waals surface area (Å²) < 4.78 is 0. The van der Waals surface area contributed by atoms with E-state index >= 15 is 0 Å². The van der Waals surface area contributed by atoms with Crippen LogP contribution in [-0.2, 0) is 0 Å². The lowest BCUT2D eigenvalue weighted by molar-refractivity contribution is 0.223. The van der Waals surface area contributed by atoms with Crippen molar-refractivity contribution in [2.24, 2.45) is 10.7 Å². The van der Waals surface area contributed by atoms with Gasteiger partial charge in [-0.3, -0.25) is 9.89 Å². The molecule has 1 saturated heterocycles. The van der Waals surface area contributed by atoms with E-state index < -0.39 is 0 Å². The van der Waals surface area contributed by atoms with E-state index in [1.807, 2.05) is 0 Å². The number of nitrogens with two attached hydrogens (primary N) is 1. The Balaban J connectivity index is 2.52. The molecule has 1 rings (SSSR count). The molecule has 94 valence electrons. The topological polar surface area (TPSA) is 44.9 Å². The molecule has 2 N–H and O–H groups in total. The summed E-state index contributed by atoms with van der Waals surface area (Å²) in [7, 11) is 0. The molecule has 0 aromatic carbocycles. The zero-order chi connectivity index (χ0) is 12.1. The molecule has 0 radical (unpaired) electrons. The Morgan fingerprint density at radius 1 is 1.44 bits per heavy atom. The van der Waals surface area contributed by atoms with Crippen molar-refractivity contribution in [1.29, 1.82) is 0 Å². The van der Waals surface area contributed by atoms with Crippen LogP contribution in [0.4, 0.5) is 0 Å². The van der Waals surface area contributed by atoms with Gasteiger partial charge in [0.2, 0.25) is 0 Å². The zero-order valence-electron chi connectivity index (χ0n) is 11.1. The van der Waals surface area contributed by atoms with Crippen LogP contribution in [0.25, 0.3) is 0 Å². The maximum absolute atomic E-state index is 5.98. The molecule has 0 amide bonds. The first-order valence-corrected chi connectivity index (χ1v) is 6.40. The number of guanidine groups is 1. The molecule has 1 fully saturated rings. The monoisotopic (exact) mass is 226 g/mol. The summed E-state index contributed by atoms with van der Waals surface area (Å²) >= 11 is 0.